The van der Waals surface area contributed by atoms with Crippen LogP contribution < -0.4 is 11.5 Å². The molecule has 2 unspecified atom stereocenters. The molecule has 0 spiro atoms. The van der Waals surface area contributed by atoms with Crippen molar-refractivity contribution in [1.29, 1.82) is 5.26 Å². The predicted octanol–water partition coefficient (Wildman–Crippen LogP) is 5.13. The van der Waals surface area contributed by atoms with Crippen molar-refractivity contribution >= 4 is 35.1 Å². The number of halogens is 2. The zero-order chi connectivity index (χ0) is 23.1. The minimum Gasteiger partial charge on any atom is -0.481 e. The van der Waals surface area contributed by atoms with E-state index in [9.17, 15) is 9.59 Å². The van der Waals surface area contributed by atoms with E-state index in [-0.39, 0.29) is 33.6 Å². The SMILES string of the molecule is C.C.CN.N#CC(CC(=O)O)c1ccc(Cl)cc1.NCC(CC(=O)O)c1ccc(Cl)cc1. The van der Waals surface area contributed by atoms with Crippen molar-refractivity contribution in [3.05, 3.63) is 69.7 Å². The molecule has 0 heterocycles. The Bertz CT molecular complexity index is 823. The van der Waals surface area contributed by atoms with Crippen LogP contribution in [0.25, 0.3) is 0 Å². The number of carboxylic acid groups (broad SMARTS) is 2. The maximum absolute atomic E-state index is 10.5. The lowest BCUT2D eigenvalue weighted by molar-refractivity contribution is -0.138. The van der Waals surface area contributed by atoms with Crippen LogP contribution in [0.15, 0.2) is 48.5 Å². The average molecular weight is 486 g/mol. The van der Waals surface area contributed by atoms with Crippen molar-refractivity contribution in [2.24, 2.45) is 11.5 Å². The van der Waals surface area contributed by atoms with E-state index in [1.807, 2.05) is 18.2 Å². The van der Waals surface area contributed by atoms with Gasteiger partial charge in [0.2, 0.25) is 0 Å². The third-order valence-corrected chi connectivity index (χ3v) is 4.36. The van der Waals surface area contributed by atoms with Crippen molar-refractivity contribution in [2.75, 3.05) is 13.6 Å². The van der Waals surface area contributed by atoms with Crippen LogP contribution in [-0.2, 0) is 9.59 Å². The van der Waals surface area contributed by atoms with E-state index in [0.29, 0.717) is 22.2 Å². The largest absolute Gasteiger partial charge is 0.481 e. The first-order chi connectivity index (χ1) is 14.3. The summed E-state index contributed by atoms with van der Waals surface area (Å²) in [5.41, 5.74) is 11.6. The van der Waals surface area contributed by atoms with E-state index in [1.54, 1.807) is 36.4 Å². The van der Waals surface area contributed by atoms with Crippen molar-refractivity contribution in [2.45, 2.75) is 39.5 Å². The quantitative estimate of drug-likeness (QED) is 0.424. The van der Waals surface area contributed by atoms with E-state index >= 15 is 0 Å². The van der Waals surface area contributed by atoms with E-state index in [4.69, 9.17) is 44.4 Å². The molecule has 0 saturated heterocycles. The standard InChI is InChI=1S/C10H12ClNO2.C10H8ClNO2.CH5N.2CH4/c2*11-9-3-1-7(2-4-9)8(6-12)5-10(13)14;1-2;;/h1-4,8H,5-6,12H2,(H,13,14);1-4,8H,5H2,(H,13,14);2H2,1H3;2*1H4. The number of benzene rings is 2. The minimum absolute atomic E-state index is 0. The van der Waals surface area contributed by atoms with Crippen LogP contribution >= 0.6 is 23.2 Å². The maximum atomic E-state index is 10.5. The summed E-state index contributed by atoms with van der Waals surface area (Å²) in [5, 5.41) is 27.2. The fourth-order valence-corrected chi connectivity index (χ4v) is 2.64. The van der Waals surface area contributed by atoms with Gasteiger partial charge in [0.1, 0.15) is 0 Å². The normalized spacial score (nSPS) is 10.8. The number of hydrogen-bond donors (Lipinski definition) is 4. The molecule has 2 rings (SSSR count). The number of rotatable bonds is 7. The van der Waals surface area contributed by atoms with Crippen molar-refractivity contribution in [3.8, 4) is 6.07 Å². The Morgan fingerprint density at radius 3 is 1.56 bits per heavy atom. The van der Waals surface area contributed by atoms with E-state index < -0.39 is 17.9 Å². The fraction of sp³-hybridized carbons (Fsp3) is 0.348. The summed E-state index contributed by atoms with van der Waals surface area (Å²) in [7, 11) is 1.50. The summed E-state index contributed by atoms with van der Waals surface area (Å²) in [6.07, 6.45) is -0.129. The second-order valence-corrected chi connectivity index (χ2v) is 6.79. The van der Waals surface area contributed by atoms with Crippen molar-refractivity contribution < 1.29 is 19.8 Å². The molecule has 7 nitrogen and oxygen atoms in total. The smallest absolute Gasteiger partial charge is 0.305 e. The van der Waals surface area contributed by atoms with Gasteiger partial charge < -0.3 is 21.7 Å². The first-order valence-electron chi connectivity index (χ1n) is 8.88. The second-order valence-electron chi connectivity index (χ2n) is 5.91. The van der Waals surface area contributed by atoms with Crippen LogP contribution in [0.1, 0.15) is 50.7 Å². The van der Waals surface area contributed by atoms with Gasteiger partial charge in [0.05, 0.1) is 24.8 Å². The summed E-state index contributed by atoms with van der Waals surface area (Å²) in [6, 6.07) is 15.7. The molecule has 0 aliphatic carbocycles. The van der Waals surface area contributed by atoms with Crippen LogP contribution in [0, 0.1) is 11.3 Å². The zero-order valence-corrected chi connectivity index (χ0v) is 18.0. The summed E-state index contributed by atoms with van der Waals surface area (Å²) in [6.45, 7) is 0.327. The Balaban J connectivity index is -0.000000461. The summed E-state index contributed by atoms with van der Waals surface area (Å²) in [5.74, 6) is -2.56. The molecule has 0 bridgehead atoms. The Morgan fingerprint density at radius 2 is 1.25 bits per heavy atom. The minimum atomic E-state index is -0.980. The van der Waals surface area contributed by atoms with Gasteiger partial charge in [-0.05, 0) is 49.0 Å². The van der Waals surface area contributed by atoms with Crippen LogP contribution in [0.3, 0.4) is 0 Å². The second kappa shape index (κ2) is 19.1. The number of carboxylic acids is 2. The van der Waals surface area contributed by atoms with E-state index in [1.165, 1.54) is 7.05 Å². The third kappa shape index (κ3) is 13.6. The monoisotopic (exact) mass is 485 g/mol. The first kappa shape index (κ1) is 34.0. The lowest BCUT2D eigenvalue weighted by Crippen LogP contribution is -2.16. The Morgan fingerprint density at radius 1 is 0.875 bits per heavy atom. The van der Waals surface area contributed by atoms with Crippen LogP contribution in [0.5, 0.6) is 0 Å². The predicted molar refractivity (Wildman–Crippen MR) is 131 cm³/mol. The Labute approximate surface area is 200 Å². The van der Waals surface area contributed by atoms with Crippen LogP contribution in [0.4, 0.5) is 0 Å². The Kier molecular flexibility index (Phi) is 20.3. The van der Waals surface area contributed by atoms with Gasteiger partial charge in [-0.1, -0.05) is 62.3 Å². The van der Waals surface area contributed by atoms with Gasteiger partial charge in [-0.2, -0.15) is 5.26 Å². The molecule has 2 aromatic rings. The van der Waals surface area contributed by atoms with Crippen LogP contribution in [0.2, 0.25) is 10.0 Å². The molecular weight excluding hydrogens is 453 g/mol. The molecule has 0 radical (unpaired) electrons. The molecule has 0 amide bonds. The molecule has 0 aromatic heterocycles. The van der Waals surface area contributed by atoms with Gasteiger partial charge in [0, 0.05) is 16.0 Å². The number of aliphatic carboxylic acids is 2. The number of hydrogen-bond acceptors (Lipinski definition) is 5. The lowest BCUT2D eigenvalue weighted by atomic mass is 9.96. The van der Waals surface area contributed by atoms with Gasteiger partial charge in [0.15, 0.2) is 0 Å². The van der Waals surface area contributed by atoms with Gasteiger partial charge in [0.25, 0.3) is 0 Å². The highest BCUT2D eigenvalue weighted by Crippen LogP contribution is 2.21. The molecule has 2 atom stereocenters. The van der Waals surface area contributed by atoms with Gasteiger partial charge in [-0.25, -0.2) is 0 Å². The number of carbonyl (C=O) groups is 2. The molecule has 9 heteroatoms. The van der Waals surface area contributed by atoms with E-state index in [0.717, 1.165) is 5.56 Å². The van der Waals surface area contributed by atoms with Gasteiger partial charge >= 0.3 is 11.9 Å². The highest BCUT2D eigenvalue weighted by atomic mass is 35.5. The topological polar surface area (TPSA) is 150 Å². The van der Waals surface area contributed by atoms with Crippen LogP contribution in [-0.4, -0.2) is 35.7 Å². The van der Waals surface area contributed by atoms with Gasteiger partial charge in [-0.15, -0.1) is 0 Å². The molecule has 178 valence electrons. The molecule has 0 saturated carbocycles. The zero-order valence-electron chi connectivity index (χ0n) is 16.5. The highest BCUT2D eigenvalue weighted by molar-refractivity contribution is 6.30. The van der Waals surface area contributed by atoms with Crippen molar-refractivity contribution in [3.63, 3.8) is 0 Å². The number of nitrogens with zero attached hydrogens (tertiary/aromatic N) is 1. The molecule has 6 N–H and O–H groups in total. The fourth-order valence-electron chi connectivity index (χ4n) is 2.39. The number of nitriles is 1. The maximum Gasteiger partial charge on any atom is 0.305 e. The summed E-state index contributed by atoms with van der Waals surface area (Å²) < 4.78 is 0. The summed E-state index contributed by atoms with van der Waals surface area (Å²) >= 11 is 11.4. The molecule has 0 fully saturated rings. The molecule has 2 aromatic carbocycles. The average Bonchev–Trinajstić information content (AvgIpc) is 2.73. The Hall–Kier alpha value is -2.63. The van der Waals surface area contributed by atoms with Gasteiger partial charge in [-0.3, -0.25) is 9.59 Å². The summed E-state index contributed by atoms with van der Waals surface area (Å²) in [4.78, 5) is 21.0. The first-order valence-corrected chi connectivity index (χ1v) is 9.64. The molecule has 0 aliphatic rings. The number of nitrogens with two attached hydrogens (primary N) is 2. The third-order valence-electron chi connectivity index (χ3n) is 3.85. The molecule has 32 heavy (non-hydrogen) atoms. The van der Waals surface area contributed by atoms with E-state index in [2.05, 4.69) is 5.73 Å². The lowest BCUT2D eigenvalue weighted by Gasteiger charge is -2.12. The highest BCUT2D eigenvalue weighted by Gasteiger charge is 2.14. The van der Waals surface area contributed by atoms with Crippen molar-refractivity contribution in [1.82, 2.24) is 0 Å². The molecular formula is C23H33Cl2N3O4. The molecule has 0 aliphatic heterocycles.